The Morgan fingerprint density at radius 1 is 1.33 bits per heavy atom. The van der Waals surface area contributed by atoms with Crippen molar-refractivity contribution in [3.8, 4) is 11.3 Å². The summed E-state index contributed by atoms with van der Waals surface area (Å²) in [6.45, 7) is 4.22. The van der Waals surface area contributed by atoms with Crippen molar-refractivity contribution < 1.29 is 18.0 Å². The van der Waals surface area contributed by atoms with Crippen molar-refractivity contribution in [1.29, 1.82) is 0 Å². The van der Waals surface area contributed by atoms with Gasteiger partial charge in [0.1, 0.15) is 5.82 Å². The first-order chi connectivity index (χ1) is 12.8. The molecule has 1 unspecified atom stereocenters. The Labute approximate surface area is 155 Å². The molecule has 2 heterocycles. The van der Waals surface area contributed by atoms with Crippen molar-refractivity contribution in [2.45, 2.75) is 44.8 Å². The Kier molecular flexibility index (Phi) is 5.84. The van der Waals surface area contributed by atoms with Crippen molar-refractivity contribution in [2.75, 3.05) is 18.4 Å². The van der Waals surface area contributed by atoms with Gasteiger partial charge in [-0.2, -0.15) is 18.3 Å². The number of anilines is 1. The SMILES string of the molecule is CC1CCCN1CCCC(=O)Nc1cc(-c2ccc(C(F)(F)F)cc2)n[nH]1. The zero-order valence-corrected chi connectivity index (χ0v) is 15.1. The molecule has 0 bridgehead atoms. The van der Waals surface area contributed by atoms with Gasteiger partial charge < -0.3 is 10.2 Å². The van der Waals surface area contributed by atoms with Crippen LogP contribution in [0.15, 0.2) is 30.3 Å². The molecule has 3 rings (SSSR count). The predicted molar refractivity (Wildman–Crippen MR) is 97.2 cm³/mol. The molecule has 1 amide bonds. The summed E-state index contributed by atoms with van der Waals surface area (Å²) in [6.07, 6.45) is -0.731. The number of rotatable bonds is 6. The smallest absolute Gasteiger partial charge is 0.311 e. The minimum atomic E-state index is -4.36. The van der Waals surface area contributed by atoms with Gasteiger partial charge in [0, 0.05) is 24.1 Å². The van der Waals surface area contributed by atoms with E-state index in [0.29, 0.717) is 29.5 Å². The highest BCUT2D eigenvalue weighted by molar-refractivity contribution is 5.90. The molecule has 0 aliphatic carbocycles. The number of H-pyrrole nitrogens is 1. The van der Waals surface area contributed by atoms with E-state index in [0.717, 1.165) is 31.6 Å². The normalized spacial score (nSPS) is 18.0. The Hall–Kier alpha value is -2.35. The summed E-state index contributed by atoms with van der Waals surface area (Å²) in [5.41, 5.74) is 0.315. The van der Waals surface area contributed by atoms with E-state index in [-0.39, 0.29) is 5.91 Å². The lowest BCUT2D eigenvalue weighted by Gasteiger charge is -2.20. The number of hydrogen-bond acceptors (Lipinski definition) is 3. The fourth-order valence-corrected chi connectivity index (χ4v) is 3.34. The molecule has 1 aliphatic rings. The van der Waals surface area contributed by atoms with Crippen molar-refractivity contribution in [3.63, 3.8) is 0 Å². The van der Waals surface area contributed by atoms with Crippen molar-refractivity contribution >= 4 is 11.7 Å². The Morgan fingerprint density at radius 3 is 2.70 bits per heavy atom. The summed E-state index contributed by atoms with van der Waals surface area (Å²) in [5.74, 6) is 0.328. The molecule has 1 aromatic heterocycles. The molecule has 1 saturated heterocycles. The van der Waals surface area contributed by atoms with E-state index in [1.54, 1.807) is 6.07 Å². The van der Waals surface area contributed by atoms with E-state index in [9.17, 15) is 18.0 Å². The number of alkyl halides is 3. The Morgan fingerprint density at radius 2 is 2.07 bits per heavy atom. The second-order valence-corrected chi connectivity index (χ2v) is 6.92. The number of amides is 1. The van der Waals surface area contributed by atoms with Gasteiger partial charge in [0.2, 0.25) is 5.91 Å². The second kappa shape index (κ2) is 8.12. The number of aromatic amines is 1. The molecule has 0 radical (unpaired) electrons. The van der Waals surface area contributed by atoms with Gasteiger partial charge in [0.15, 0.2) is 0 Å². The van der Waals surface area contributed by atoms with Gasteiger partial charge in [-0.25, -0.2) is 0 Å². The average molecular weight is 380 g/mol. The number of nitrogens with zero attached hydrogens (tertiary/aromatic N) is 2. The third-order valence-corrected chi connectivity index (χ3v) is 4.90. The molecule has 5 nitrogen and oxygen atoms in total. The van der Waals surface area contributed by atoms with E-state index < -0.39 is 11.7 Å². The van der Waals surface area contributed by atoms with Crippen LogP contribution in [0.5, 0.6) is 0 Å². The monoisotopic (exact) mass is 380 g/mol. The molecule has 1 aromatic carbocycles. The van der Waals surface area contributed by atoms with Crippen LogP contribution >= 0.6 is 0 Å². The minimum Gasteiger partial charge on any atom is -0.311 e. The Balaban J connectivity index is 1.50. The quantitative estimate of drug-likeness (QED) is 0.786. The lowest BCUT2D eigenvalue weighted by atomic mass is 10.1. The molecular formula is C19H23F3N4O. The number of halogens is 3. The fourth-order valence-electron chi connectivity index (χ4n) is 3.34. The summed E-state index contributed by atoms with van der Waals surface area (Å²) in [4.78, 5) is 14.5. The first-order valence-corrected chi connectivity index (χ1v) is 9.10. The lowest BCUT2D eigenvalue weighted by molar-refractivity contribution is -0.137. The molecule has 0 spiro atoms. The van der Waals surface area contributed by atoms with Crippen LogP contribution in [-0.4, -0.2) is 40.1 Å². The highest BCUT2D eigenvalue weighted by Crippen LogP contribution is 2.31. The van der Waals surface area contributed by atoms with E-state index in [1.165, 1.54) is 25.0 Å². The third-order valence-electron chi connectivity index (χ3n) is 4.90. The zero-order chi connectivity index (χ0) is 19.4. The van der Waals surface area contributed by atoms with Gasteiger partial charge in [-0.1, -0.05) is 12.1 Å². The molecular weight excluding hydrogens is 357 g/mol. The minimum absolute atomic E-state index is 0.107. The van der Waals surface area contributed by atoms with Crippen molar-refractivity contribution in [2.24, 2.45) is 0 Å². The fraction of sp³-hybridized carbons (Fsp3) is 0.474. The van der Waals surface area contributed by atoms with Gasteiger partial charge in [0.25, 0.3) is 0 Å². The summed E-state index contributed by atoms with van der Waals surface area (Å²) in [5, 5.41) is 9.51. The van der Waals surface area contributed by atoms with Gasteiger partial charge in [0.05, 0.1) is 11.3 Å². The molecule has 2 aromatic rings. The molecule has 1 aliphatic heterocycles. The maximum atomic E-state index is 12.6. The van der Waals surface area contributed by atoms with E-state index in [1.807, 2.05) is 0 Å². The number of aromatic nitrogens is 2. The summed E-state index contributed by atoms with van der Waals surface area (Å²) >= 11 is 0. The van der Waals surface area contributed by atoms with Gasteiger partial charge >= 0.3 is 6.18 Å². The van der Waals surface area contributed by atoms with E-state index in [2.05, 4.69) is 27.3 Å². The van der Waals surface area contributed by atoms with Crippen LogP contribution in [0.25, 0.3) is 11.3 Å². The second-order valence-electron chi connectivity index (χ2n) is 6.92. The van der Waals surface area contributed by atoms with Gasteiger partial charge in [-0.15, -0.1) is 0 Å². The maximum Gasteiger partial charge on any atom is 0.416 e. The predicted octanol–water partition coefficient (Wildman–Crippen LogP) is 4.30. The lowest BCUT2D eigenvalue weighted by Crippen LogP contribution is -2.28. The summed E-state index contributed by atoms with van der Waals surface area (Å²) in [7, 11) is 0. The number of nitrogens with one attached hydrogen (secondary N) is 2. The highest BCUT2D eigenvalue weighted by Gasteiger charge is 2.30. The highest BCUT2D eigenvalue weighted by atomic mass is 19.4. The molecule has 8 heteroatoms. The topological polar surface area (TPSA) is 61.0 Å². The largest absolute Gasteiger partial charge is 0.416 e. The van der Waals surface area contributed by atoms with Crippen LogP contribution in [0, 0.1) is 0 Å². The van der Waals surface area contributed by atoms with Crippen LogP contribution in [0.4, 0.5) is 19.0 Å². The van der Waals surface area contributed by atoms with Gasteiger partial charge in [-0.05, 0) is 51.4 Å². The van der Waals surface area contributed by atoms with Crippen LogP contribution in [0.3, 0.4) is 0 Å². The number of carbonyl (C=O) groups is 1. The summed E-state index contributed by atoms with van der Waals surface area (Å²) in [6, 6.07) is 6.96. The summed E-state index contributed by atoms with van der Waals surface area (Å²) < 4.78 is 37.9. The number of hydrogen-bond donors (Lipinski definition) is 2. The van der Waals surface area contributed by atoms with Crippen LogP contribution in [-0.2, 0) is 11.0 Å². The van der Waals surface area contributed by atoms with Crippen LogP contribution in [0.2, 0.25) is 0 Å². The molecule has 1 fully saturated rings. The molecule has 27 heavy (non-hydrogen) atoms. The molecule has 0 saturated carbocycles. The maximum absolute atomic E-state index is 12.6. The number of likely N-dealkylation sites (tertiary alicyclic amines) is 1. The first-order valence-electron chi connectivity index (χ1n) is 9.10. The molecule has 2 N–H and O–H groups in total. The standard InChI is InChI=1S/C19H23F3N4O/c1-13-4-2-10-26(13)11-3-5-18(27)23-17-12-16(24-25-17)14-6-8-15(9-7-14)19(20,21)22/h6-9,12-13H,2-5,10-11H2,1H3,(H2,23,24,25,27). The number of benzene rings is 1. The van der Waals surface area contributed by atoms with Crippen LogP contribution in [0.1, 0.15) is 38.2 Å². The van der Waals surface area contributed by atoms with Crippen molar-refractivity contribution in [1.82, 2.24) is 15.1 Å². The Bertz CT molecular complexity index is 770. The molecule has 146 valence electrons. The van der Waals surface area contributed by atoms with Gasteiger partial charge in [-0.3, -0.25) is 9.89 Å². The zero-order valence-electron chi connectivity index (χ0n) is 15.1. The number of carbonyl (C=O) groups excluding carboxylic acids is 1. The molecule has 1 atom stereocenters. The first kappa shape index (κ1) is 19.4. The van der Waals surface area contributed by atoms with E-state index in [4.69, 9.17) is 0 Å². The van der Waals surface area contributed by atoms with Crippen molar-refractivity contribution in [3.05, 3.63) is 35.9 Å². The third kappa shape index (κ3) is 5.09. The van der Waals surface area contributed by atoms with E-state index >= 15 is 0 Å². The van der Waals surface area contributed by atoms with Crippen LogP contribution < -0.4 is 5.32 Å². The average Bonchev–Trinajstić information content (AvgIpc) is 3.24.